The first-order valence-corrected chi connectivity index (χ1v) is 34.8. The number of urea groups is 1. The number of methoxy groups -OCH3 is 2. The number of nitrogens with one attached hydrogen (secondary N) is 5. The van der Waals surface area contributed by atoms with Crippen LogP contribution in [-0.4, -0.2) is 189 Å². The van der Waals surface area contributed by atoms with Crippen LogP contribution in [0, 0.1) is 59.2 Å². The third-order valence-corrected chi connectivity index (χ3v) is 19.8. The number of ether oxygens (including phenoxy) is 2. The van der Waals surface area contributed by atoms with Gasteiger partial charge in [-0.2, -0.15) is 0 Å². The van der Waals surface area contributed by atoms with Gasteiger partial charge in [0.05, 0.1) is 42.8 Å². The van der Waals surface area contributed by atoms with Crippen molar-refractivity contribution < 1.29 is 62.2 Å². The molecule has 2 heterocycles. The molecule has 4 rings (SSSR count). The fourth-order valence-corrected chi connectivity index (χ4v) is 14.1. The number of likely N-dealkylation sites (N-methyl/N-ethyl adjacent to an activating group) is 2. The van der Waals surface area contributed by atoms with E-state index in [1.54, 1.807) is 80.9 Å². The molecular formula is C73H116N10O13. The number of hydrogen-bond donors (Lipinski definition) is 6. The van der Waals surface area contributed by atoms with E-state index in [0.29, 0.717) is 63.0 Å². The molecule has 2 aliphatic heterocycles. The Hall–Kier alpha value is -7.11. The normalized spacial score (nSPS) is 18.9. The van der Waals surface area contributed by atoms with Crippen molar-refractivity contribution in [3.8, 4) is 0 Å². The molecule has 2 aromatic carbocycles. The van der Waals surface area contributed by atoms with Gasteiger partial charge in [-0.3, -0.25) is 52.8 Å². The summed E-state index contributed by atoms with van der Waals surface area (Å²) in [7, 11) is 10.2. The van der Waals surface area contributed by atoms with E-state index in [9.17, 15) is 52.7 Å². The highest BCUT2D eigenvalue weighted by Gasteiger charge is 2.44. The topological polar surface area (TPSA) is 305 Å². The molecule has 96 heavy (non-hydrogen) atoms. The zero-order valence-corrected chi connectivity index (χ0v) is 60.3. The highest BCUT2D eigenvalue weighted by molar-refractivity contribution is 5.98. The maximum Gasteiger partial charge on any atom is 0.312 e. The van der Waals surface area contributed by atoms with Gasteiger partial charge in [0.1, 0.15) is 5.78 Å². The molecular weight excluding hydrogens is 1220 g/mol. The van der Waals surface area contributed by atoms with Crippen molar-refractivity contribution in [1.82, 2.24) is 40.9 Å². The molecule has 0 spiro atoms. The number of anilines is 1. The Bertz CT molecular complexity index is 2880. The highest BCUT2D eigenvalue weighted by Crippen LogP contribution is 2.33. The Kier molecular flexibility index (Phi) is 33.8. The number of benzene rings is 2. The summed E-state index contributed by atoms with van der Waals surface area (Å²) in [5, 5.41) is 13.9. The van der Waals surface area contributed by atoms with Crippen molar-refractivity contribution in [1.29, 1.82) is 0 Å². The molecule has 13 atom stereocenters. The van der Waals surface area contributed by atoms with E-state index >= 15 is 0 Å². The number of rotatable bonds is 40. The lowest BCUT2D eigenvalue weighted by Crippen LogP contribution is -2.54. The van der Waals surface area contributed by atoms with Gasteiger partial charge >= 0.3 is 6.03 Å². The van der Waals surface area contributed by atoms with Crippen LogP contribution in [0.15, 0.2) is 54.6 Å². The first-order valence-electron chi connectivity index (χ1n) is 34.8. The standard InChI is InChI=1S/C73H116N10O13/c1-17-47(8)67(81(14)72(93)56(44(2)3)40-60(86)66(46(6)7)80(12)13)61(95-15)41-64(89)83-35-22-26-57(83)68(96-16)49(10)58(84)39-53(37-50-23-19-18-20-24-50)69(90)77-42-51-27-29-54(30-28-51)78-70(91)52(25-21-34-76-73(74)94)38-59(85)65(45(4)5)79-62(87)31-32-63(88)82-36-33-55(48(9)43-82)71(92)75-11/h18-20,23-24,27-30,44-49,52-53,55-57,61,65-68H,17,21-22,25-26,31-43H2,1-16H3,(H,75,92)(H,77,90)(H,78,91)(H,79,87)(H3,74,76,94)/t47-,48?,49-,52+,53+,55?,56-,57-,61+,65-,66-,67-,68+/m0/s1. The van der Waals surface area contributed by atoms with Gasteiger partial charge in [0.15, 0.2) is 11.6 Å². The van der Waals surface area contributed by atoms with Gasteiger partial charge in [-0.15, -0.1) is 0 Å². The molecule has 0 bridgehead atoms. The van der Waals surface area contributed by atoms with E-state index in [4.69, 9.17) is 15.2 Å². The number of carbonyl (C=O) groups excluding carboxylic acids is 11. The Morgan fingerprint density at radius 3 is 1.92 bits per heavy atom. The molecule has 0 radical (unpaired) electrons. The number of carbonyl (C=O) groups is 11. The molecule has 536 valence electrons. The second-order valence-electron chi connectivity index (χ2n) is 28.1. The van der Waals surface area contributed by atoms with Crippen LogP contribution in [0.3, 0.4) is 0 Å². The zero-order chi connectivity index (χ0) is 71.7. The van der Waals surface area contributed by atoms with Gasteiger partial charge < -0.3 is 56.5 Å². The molecule has 9 amide bonds. The predicted molar refractivity (Wildman–Crippen MR) is 370 cm³/mol. The lowest BCUT2D eigenvalue weighted by molar-refractivity contribution is -0.149. The summed E-state index contributed by atoms with van der Waals surface area (Å²) in [5.74, 6) is -6.15. The molecule has 2 aliphatic rings. The SMILES string of the molecule is CC[C@H](C)[C@@H]([C@@H](CC(=O)N1CCC[C@H]1[C@H](OC)[C@@H](C)C(=O)C[C@@H](Cc1ccccc1)C(=O)NCc1ccc(NC(=O)[C@H](CCCNC(N)=O)CC(=O)[C@@H](NC(=O)CCC(=O)N2CCC(C(=O)NC)C(C)C2)C(C)C)cc1)OC)N(C)C(=O)[C@@H](CC(=O)[C@H](C(C)C)N(C)C)C(C)C. The van der Waals surface area contributed by atoms with Gasteiger partial charge in [-0.1, -0.05) is 118 Å². The van der Waals surface area contributed by atoms with Crippen molar-refractivity contribution in [2.75, 3.05) is 73.9 Å². The molecule has 23 nitrogen and oxygen atoms in total. The predicted octanol–water partition coefficient (Wildman–Crippen LogP) is 6.97. The van der Waals surface area contributed by atoms with Crippen LogP contribution < -0.4 is 32.3 Å². The minimum absolute atomic E-state index is 0.0127. The monoisotopic (exact) mass is 1340 g/mol. The Balaban J connectivity index is 1.43. The van der Waals surface area contributed by atoms with Crippen molar-refractivity contribution in [3.05, 3.63) is 65.7 Å². The van der Waals surface area contributed by atoms with Crippen LogP contribution in [0.25, 0.3) is 0 Å². The zero-order valence-electron chi connectivity index (χ0n) is 60.3. The summed E-state index contributed by atoms with van der Waals surface area (Å²) in [6.45, 7) is 20.8. The summed E-state index contributed by atoms with van der Waals surface area (Å²) >= 11 is 0. The number of amides is 9. The van der Waals surface area contributed by atoms with E-state index < -0.39 is 71.9 Å². The van der Waals surface area contributed by atoms with Gasteiger partial charge in [0.25, 0.3) is 0 Å². The van der Waals surface area contributed by atoms with Crippen molar-refractivity contribution in [3.63, 3.8) is 0 Å². The van der Waals surface area contributed by atoms with Gasteiger partial charge in [-0.05, 0) is 105 Å². The smallest absolute Gasteiger partial charge is 0.312 e. The van der Waals surface area contributed by atoms with Crippen LogP contribution in [0.2, 0.25) is 0 Å². The molecule has 2 saturated heterocycles. The van der Waals surface area contributed by atoms with Crippen LogP contribution in [0.1, 0.15) is 157 Å². The molecule has 0 saturated carbocycles. The highest BCUT2D eigenvalue weighted by atomic mass is 16.5. The van der Waals surface area contributed by atoms with E-state index in [0.717, 1.165) is 5.56 Å². The summed E-state index contributed by atoms with van der Waals surface area (Å²) in [6, 6.07) is 13.3. The number of Topliss-reactive ketones (excluding diaryl/α,β-unsaturated/α-hetero) is 3. The van der Waals surface area contributed by atoms with Crippen LogP contribution in [-0.2, 0) is 70.4 Å². The summed E-state index contributed by atoms with van der Waals surface area (Å²) in [5.41, 5.74) is 7.27. The Morgan fingerprint density at radius 2 is 1.35 bits per heavy atom. The molecule has 2 fully saturated rings. The van der Waals surface area contributed by atoms with Gasteiger partial charge in [0, 0.05) is 128 Å². The van der Waals surface area contributed by atoms with Crippen LogP contribution in [0.4, 0.5) is 10.5 Å². The number of likely N-dealkylation sites (tertiary alicyclic amines) is 2. The van der Waals surface area contributed by atoms with E-state index in [1.807, 2.05) is 97.8 Å². The first-order chi connectivity index (χ1) is 45.4. The van der Waals surface area contributed by atoms with E-state index in [1.165, 1.54) is 7.11 Å². The maximum absolute atomic E-state index is 14.7. The number of primary amides is 1. The summed E-state index contributed by atoms with van der Waals surface area (Å²) in [6.07, 6.45) is 1.40. The third-order valence-electron chi connectivity index (χ3n) is 19.8. The van der Waals surface area contributed by atoms with Crippen LogP contribution >= 0.6 is 0 Å². The average molecular weight is 1340 g/mol. The molecule has 23 heteroatoms. The second kappa shape index (κ2) is 39.9. The lowest BCUT2D eigenvalue weighted by Gasteiger charge is -2.41. The van der Waals surface area contributed by atoms with E-state index in [2.05, 4.69) is 26.6 Å². The lowest BCUT2D eigenvalue weighted by atomic mass is 9.83. The molecule has 7 N–H and O–H groups in total. The average Bonchev–Trinajstić information content (AvgIpc) is 1.34. The van der Waals surface area contributed by atoms with Crippen molar-refractivity contribution in [2.45, 2.75) is 196 Å². The number of nitrogens with two attached hydrogens (primary N) is 1. The molecule has 2 unspecified atom stereocenters. The number of ketones is 3. The van der Waals surface area contributed by atoms with E-state index in [-0.39, 0.29) is 153 Å². The molecule has 2 aromatic rings. The van der Waals surface area contributed by atoms with Gasteiger partial charge in [0.2, 0.25) is 41.4 Å². The number of piperidine rings is 1. The summed E-state index contributed by atoms with van der Waals surface area (Å²) in [4.78, 5) is 157. The molecule has 0 aliphatic carbocycles. The Labute approximate surface area is 571 Å². The number of nitrogens with zero attached hydrogens (tertiary/aromatic N) is 4. The van der Waals surface area contributed by atoms with Crippen molar-refractivity contribution >= 4 is 70.4 Å². The summed E-state index contributed by atoms with van der Waals surface area (Å²) < 4.78 is 12.3. The van der Waals surface area contributed by atoms with Crippen LogP contribution in [0.5, 0.6) is 0 Å². The fourth-order valence-electron chi connectivity index (χ4n) is 14.1. The van der Waals surface area contributed by atoms with Crippen molar-refractivity contribution in [2.24, 2.45) is 64.9 Å². The third kappa shape index (κ3) is 24.2. The van der Waals surface area contributed by atoms with Gasteiger partial charge in [-0.25, -0.2) is 4.79 Å². The Morgan fingerprint density at radius 1 is 0.698 bits per heavy atom. The number of hydrogen-bond acceptors (Lipinski definition) is 14. The maximum atomic E-state index is 14.7. The molecule has 0 aromatic heterocycles. The second-order valence-corrected chi connectivity index (χ2v) is 28.1. The minimum Gasteiger partial charge on any atom is -0.379 e. The first kappa shape index (κ1) is 81.3. The minimum atomic E-state index is -0.953. The largest absolute Gasteiger partial charge is 0.379 e. The fraction of sp³-hybridized carbons (Fsp3) is 0.685. The quantitative estimate of drug-likeness (QED) is 0.0367.